The van der Waals surface area contributed by atoms with Gasteiger partial charge in [0.25, 0.3) is 0 Å². The van der Waals surface area contributed by atoms with Crippen molar-refractivity contribution < 1.29 is 0 Å². The normalized spacial score (nSPS) is 11.1. The lowest BCUT2D eigenvalue weighted by molar-refractivity contribution is 1.22. The van der Waals surface area contributed by atoms with Gasteiger partial charge in [-0.2, -0.15) is 5.10 Å². The van der Waals surface area contributed by atoms with Gasteiger partial charge < -0.3 is 0 Å². The molecular formula is C13H14ClN3S. The number of benzene rings is 1. The predicted octanol–water partition coefficient (Wildman–Crippen LogP) is 4.17. The van der Waals surface area contributed by atoms with E-state index in [1.165, 1.54) is 11.3 Å². The molecule has 0 saturated heterocycles. The zero-order valence-electron chi connectivity index (χ0n) is 10.5. The van der Waals surface area contributed by atoms with Crippen LogP contribution < -0.4 is 5.43 Å². The fraction of sp³-hybridized carbons (Fsp3) is 0.231. The Hall–Kier alpha value is -1.39. The van der Waals surface area contributed by atoms with E-state index >= 15 is 0 Å². The molecule has 1 aromatic heterocycles. The first-order valence-corrected chi connectivity index (χ1v) is 6.80. The fourth-order valence-corrected chi connectivity index (χ4v) is 2.37. The number of aromatic nitrogens is 1. The Morgan fingerprint density at radius 2 is 1.94 bits per heavy atom. The summed E-state index contributed by atoms with van der Waals surface area (Å²) in [6, 6.07) is 4.02. The summed E-state index contributed by atoms with van der Waals surface area (Å²) in [4.78, 5) is 4.26. The number of rotatable bonds is 3. The van der Waals surface area contributed by atoms with E-state index in [1.54, 1.807) is 6.21 Å². The maximum atomic E-state index is 6.11. The highest BCUT2D eigenvalue weighted by Gasteiger charge is 2.01. The summed E-state index contributed by atoms with van der Waals surface area (Å²) < 4.78 is 0. The van der Waals surface area contributed by atoms with Gasteiger partial charge in [0.2, 0.25) is 5.13 Å². The molecule has 2 rings (SSSR count). The Morgan fingerprint density at radius 3 is 2.50 bits per heavy atom. The van der Waals surface area contributed by atoms with Gasteiger partial charge in [-0.1, -0.05) is 11.6 Å². The molecule has 0 spiro atoms. The van der Waals surface area contributed by atoms with E-state index in [0.717, 1.165) is 32.5 Å². The summed E-state index contributed by atoms with van der Waals surface area (Å²) in [7, 11) is 0. The first-order chi connectivity index (χ1) is 8.56. The number of thiazole rings is 1. The molecule has 3 nitrogen and oxygen atoms in total. The highest BCUT2D eigenvalue weighted by Crippen LogP contribution is 2.21. The predicted molar refractivity (Wildman–Crippen MR) is 79.0 cm³/mol. The van der Waals surface area contributed by atoms with Gasteiger partial charge in [-0.05, 0) is 49.6 Å². The van der Waals surface area contributed by atoms with Gasteiger partial charge >= 0.3 is 0 Å². The molecule has 0 radical (unpaired) electrons. The molecule has 0 saturated carbocycles. The van der Waals surface area contributed by atoms with E-state index in [-0.39, 0.29) is 0 Å². The zero-order valence-corrected chi connectivity index (χ0v) is 12.1. The van der Waals surface area contributed by atoms with E-state index < -0.39 is 0 Å². The van der Waals surface area contributed by atoms with Crippen molar-refractivity contribution in [3.63, 3.8) is 0 Å². The number of hydrogen-bond acceptors (Lipinski definition) is 4. The van der Waals surface area contributed by atoms with E-state index in [4.69, 9.17) is 11.6 Å². The molecule has 1 N–H and O–H groups in total. The SMILES string of the molecule is Cc1csc(NN=Cc2cc(C)c(Cl)c(C)c2)n1. The molecule has 0 aliphatic carbocycles. The maximum absolute atomic E-state index is 6.11. The van der Waals surface area contributed by atoms with Gasteiger partial charge in [-0.15, -0.1) is 11.3 Å². The standard InChI is InChI=1S/C13H14ClN3S/c1-8-4-11(5-9(2)12(8)14)6-15-17-13-16-10(3)7-18-13/h4-7H,1-3H3,(H,16,17). The average molecular weight is 280 g/mol. The third kappa shape index (κ3) is 3.09. The third-order valence-corrected chi connectivity index (χ3v) is 3.91. The quantitative estimate of drug-likeness (QED) is 0.676. The number of aryl methyl sites for hydroxylation is 3. The van der Waals surface area contributed by atoms with Crippen LogP contribution in [0.15, 0.2) is 22.6 Å². The maximum Gasteiger partial charge on any atom is 0.203 e. The lowest BCUT2D eigenvalue weighted by Gasteiger charge is -2.03. The highest BCUT2D eigenvalue weighted by molar-refractivity contribution is 7.13. The Balaban J connectivity index is 2.09. The highest BCUT2D eigenvalue weighted by atomic mass is 35.5. The second-order valence-corrected chi connectivity index (χ2v) is 5.37. The Labute approximate surface area is 116 Å². The molecule has 0 fully saturated rings. The number of nitrogens with one attached hydrogen (secondary N) is 1. The Bertz CT molecular complexity index is 567. The van der Waals surface area contributed by atoms with Crippen molar-refractivity contribution >= 4 is 34.3 Å². The monoisotopic (exact) mass is 279 g/mol. The summed E-state index contributed by atoms with van der Waals surface area (Å²) >= 11 is 7.65. The smallest absolute Gasteiger partial charge is 0.203 e. The van der Waals surface area contributed by atoms with Crippen molar-refractivity contribution in [1.29, 1.82) is 0 Å². The van der Waals surface area contributed by atoms with E-state index in [1.807, 2.05) is 38.3 Å². The number of hydrazone groups is 1. The second kappa shape index (κ2) is 5.50. The second-order valence-electron chi connectivity index (χ2n) is 4.13. The summed E-state index contributed by atoms with van der Waals surface area (Å²) in [6.07, 6.45) is 1.77. The largest absolute Gasteiger partial charge is 0.253 e. The summed E-state index contributed by atoms with van der Waals surface area (Å²) in [5.74, 6) is 0. The molecule has 0 amide bonds. The number of hydrogen-bond donors (Lipinski definition) is 1. The van der Waals surface area contributed by atoms with E-state index in [2.05, 4.69) is 15.5 Å². The lowest BCUT2D eigenvalue weighted by Crippen LogP contribution is -1.92. The molecular weight excluding hydrogens is 266 g/mol. The van der Waals surface area contributed by atoms with Crippen molar-refractivity contribution in [2.24, 2.45) is 5.10 Å². The molecule has 2 aromatic rings. The molecule has 0 unspecified atom stereocenters. The van der Waals surface area contributed by atoms with E-state index in [9.17, 15) is 0 Å². The van der Waals surface area contributed by atoms with Crippen LogP contribution in [0.2, 0.25) is 5.02 Å². The number of halogens is 1. The molecule has 1 aromatic carbocycles. The minimum absolute atomic E-state index is 0.797. The molecule has 0 atom stereocenters. The van der Waals surface area contributed by atoms with Gasteiger partial charge in [-0.3, -0.25) is 5.43 Å². The van der Waals surface area contributed by atoms with Crippen LogP contribution in [0.1, 0.15) is 22.4 Å². The zero-order chi connectivity index (χ0) is 13.1. The average Bonchev–Trinajstić information content (AvgIpc) is 2.72. The number of nitrogens with zero attached hydrogens (tertiary/aromatic N) is 2. The summed E-state index contributed by atoms with van der Waals surface area (Å²) in [5.41, 5.74) is 7.05. The Morgan fingerprint density at radius 1 is 1.28 bits per heavy atom. The van der Waals surface area contributed by atoms with Crippen LogP contribution in [-0.2, 0) is 0 Å². The van der Waals surface area contributed by atoms with Gasteiger partial charge in [0.1, 0.15) is 0 Å². The minimum Gasteiger partial charge on any atom is -0.253 e. The Kier molecular flexibility index (Phi) is 3.99. The van der Waals surface area contributed by atoms with Crippen LogP contribution in [0.5, 0.6) is 0 Å². The van der Waals surface area contributed by atoms with Crippen LogP contribution in [-0.4, -0.2) is 11.2 Å². The molecule has 5 heteroatoms. The van der Waals surface area contributed by atoms with Crippen LogP contribution in [0.4, 0.5) is 5.13 Å². The fourth-order valence-electron chi connectivity index (χ4n) is 1.62. The van der Waals surface area contributed by atoms with Crippen LogP contribution in [0.3, 0.4) is 0 Å². The van der Waals surface area contributed by atoms with Crippen LogP contribution >= 0.6 is 22.9 Å². The minimum atomic E-state index is 0.797. The molecule has 94 valence electrons. The van der Waals surface area contributed by atoms with Gasteiger partial charge in [0.15, 0.2) is 0 Å². The topological polar surface area (TPSA) is 37.3 Å². The van der Waals surface area contributed by atoms with Gasteiger partial charge in [-0.25, -0.2) is 4.98 Å². The van der Waals surface area contributed by atoms with Crippen molar-refractivity contribution in [2.75, 3.05) is 5.43 Å². The van der Waals surface area contributed by atoms with Crippen molar-refractivity contribution in [3.8, 4) is 0 Å². The molecule has 1 heterocycles. The molecule has 0 bridgehead atoms. The van der Waals surface area contributed by atoms with Gasteiger partial charge in [0.05, 0.1) is 11.9 Å². The molecule has 0 aliphatic heterocycles. The van der Waals surface area contributed by atoms with Gasteiger partial charge in [0, 0.05) is 10.4 Å². The van der Waals surface area contributed by atoms with Crippen molar-refractivity contribution in [1.82, 2.24) is 4.98 Å². The molecule has 18 heavy (non-hydrogen) atoms. The first kappa shape index (κ1) is 13.1. The van der Waals surface area contributed by atoms with Crippen LogP contribution in [0, 0.1) is 20.8 Å². The van der Waals surface area contributed by atoms with Crippen molar-refractivity contribution in [3.05, 3.63) is 44.9 Å². The summed E-state index contributed by atoms with van der Waals surface area (Å²) in [5, 5.41) is 7.76. The third-order valence-electron chi connectivity index (χ3n) is 2.45. The lowest BCUT2D eigenvalue weighted by atomic mass is 10.1. The van der Waals surface area contributed by atoms with Crippen molar-refractivity contribution in [2.45, 2.75) is 20.8 Å². The summed E-state index contributed by atoms with van der Waals surface area (Å²) in [6.45, 7) is 5.94. The van der Waals surface area contributed by atoms with Crippen LogP contribution in [0.25, 0.3) is 0 Å². The first-order valence-electron chi connectivity index (χ1n) is 5.54. The molecule has 0 aliphatic rings. The number of anilines is 1. The van der Waals surface area contributed by atoms with E-state index in [0.29, 0.717) is 0 Å².